The summed E-state index contributed by atoms with van der Waals surface area (Å²) in [5.41, 5.74) is 2.87. The molecule has 0 saturated heterocycles. The Kier molecular flexibility index (Phi) is 7.37. The number of ether oxygens (including phenoxy) is 1. The van der Waals surface area contributed by atoms with E-state index in [4.69, 9.17) is 16.3 Å². The summed E-state index contributed by atoms with van der Waals surface area (Å²) in [6, 6.07) is 11.4. The lowest BCUT2D eigenvalue weighted by Gasteiger charge is -2.12. The SMILES string of the molecule is CNC(=O)c1cc(Oc2cccc(C(=O)NNC(=O)c3ccc(Cl)c(C(F)(F)F)c3)c2)ccn1. The fourth-order valence-corrected chi connectivity index (χ4v) is 2.93. The zero-order chi connectivity index (χ0) is 24.9. The van der Waals surface area contributed by atoms with Gasteiger partial charge in [-0.1, -0.05) is 17.7 Å². The van der Waals surface area contributed by atoms with Crippen molar-refractivity contribution in [1.29, 1.82) is 0 Å². The summed E-state index contributed by atoms with van der Waals surface area (Å²) in [7, 11) is 1.46. The molecule has 0 atom stereocenters. The van der Waals surface area contributed by atoms with Gasteiger partial charge in [0.05, 0.1) is 10.6 Å². The Labute approximate surface area is 196 Å². The minimum absolute atomic E-state index is 0.0884. The molecular formula is C22H16ClF3N4O4. The third-order valence-corrected chi connectivity index (χ3v) is 4.68. The first-order chi connectivity index (χ1) is 16.1. The summed E-state index contributed by atoms with van der Waals surface area (Å²) >= 11 is 5.54. The molecule has 0 unspecified atom stereocenters. The Bertz CT molecular complexity index is 1250. The van der Waals surface area contributed by atoms with E-state index >= 15 is 0 Å². The zero-order valence-corrected chi connectivity index (χ0v) is 18.1. The van der Waals surface area contributed by atoms with E-state index in [0.717, 1.165) is 12.1 Å². The van der Waals surface area contributed by atoms with Gasteiger partial charge in [0.2, 0.25) is 0 Å². The van der Waals surface area contributed by atoms with Gasteiger partial charge in [0.15, 0.2) is 0 Å². The van der Waals surface area contributed by atoms with E-state index in [9.17, 15) is 27.6 Å². The van der Waals surface area contributed by atoms with Crippen molar-refractivity contribution in [3.05, 3.63) is 88.2 Å². The molecule has 0 aliphatic carbocycles. The van der Waals surface area contributed by atoms with Crippen molar-refractivity contribution in [2.75, 3.05) is 7.05 Å². The molecular weight excluding hydrogens is 477 g/mol. The number of nitrogens with zero attached hydrogens (tertiary/aromatic N) is 1. The Morgan fingerprint density at radius 1 is 0.882 bits per heavy atom. The minimum atomic E-state index is -4.74. The quantitative estimate of drug-likeness (QED) is 0.467. The molecule has 176 valence electrons. The number of amides is 3. The van der Waals surface area contributed by atoms with Gasteiger partial charge in [-0.05, 0) is 42.5 Å². The lowest BCUT2D eigenvalue weighted by Crippen LogP contribution is -2.41. The van der Waals surface area contributed by atoms with Crippen LogP contribution in [0.4, 0.5) is 13.2 Å². The highest BCUT2D eigenvalue weighted by molar-refractivity contribution is 6.31. The third-order valence-electron chi connectivity index (χ3n) is 4.35. The van der Waals surface area contributed by atoms with E-state index in [0.29, 0.717) is 11.8 Å². The number of benzene rings is 2. The Hall–Kier alpha value is -4.12. The van der Waals surface area contributed by atoms with Crippen molar-refractivity contribution in [3.63, 3.8) is 0 Å². The van der Waals surface area contributed by atoms with Crippen molar-refractivity contribution >= 4 is 29.3 Å². The molecule has 34 heavy (non-hydrogen) atoms. The Morgan fingerprint density at radius 3 is 2.18 bits per heavy atom. The number of rotatable bonds is 5. The van der Waals surface area contributed by atoms with Gasteiger partial charge in [-0.2, -0.15) is 13.2 Å². The van der Waals surface area contributed by atoms with Crippen LogP contribution >= 0.6 is 11.6 Å². The van der Waals surface area contributed by atoms with Gasteiger partial charge in [-0.25, -0.2) is 0 Å². The molecule has 3 N–H and O–H groups in total. The number of nitrogens with one attached hydrogen (secondary N) is 3. The molecule has 3 aromatic rings. The summed E-state index contributed by atoms with van der Waals surface area (Å²) < 4.78 is 44.6. The van der Waals surface area contributed by atoms with Gasteiger partial charge in [0.1, 0.15) is 17.2 Å². The number of hydrazine groups is 1. The summed E-state index contributed by atoms with van der Waals surface area (Å²) in [6.07, 6.45) is -3.36. The first-order valence-corrected chi connectivity index (χ1v) is 9.90. The van der Waals surface area contributed by atoms with E-state index in [1.807, 2.05) is 5.43 Å². The van der Waals surface area contributed by atoms with Crippen LogP contribution in [0.15, 0.2) is 60.8 Å². The maximum absolute atomic E-state index is 13.0. The highest BCUT2D eigenvalue weighted by atomic mass is 35.5. The maximum Gasteiger partial charge on any atom is 0.417 e. The standard InChI is InChI=1S/C22H16ClF3N4O4/c1-27-21(33)18-11-15(7-8-28-18)34-14-4-2-3-12(9-14)19(31)29-30-20(32)13-5-6-17(23)16(10-13)22(24,25)26/h2-11H,1H3,(H,27,33)(H,29,31)(H,30,32). The first kappa shape index (κ1) is 24.5. The van der Waals surface area contributed by atoms with Crippen LogP contribution in [0.25, 0.3) is 0 Å². The summed E-state index contributed by atoms with van der Waals surface area (Å²) in [5.74, 6) is -1.58. The second-order valence-electron chi connectivity index (χ2n) is 6.69. The lowest BCUT2D eigenvalue weighted by atomic mass is 10.1. The van der Waals surface area contributed by atoms with Crippen LogP contribution in [-0.2, 0) is 6.18 Å². The molecule has 0 spiro atoms. The number of carbonyl (C=O) groups excluding carboxylic acids is 3. The number of hydrogen-bond acceptors (Lipinski definition) is 5. The van der Waals surface area contributed by atoms with Crippen molar-refractivity contribution < 1.29 is 32.3 Å². The molecule has 0 aliphatic rings. The van der Waals surface area contributed by atoms with Crippen LogP contribution in [0.3, 0.4) is 0 Å². The number of pyridine rings is 1. The largest absolute Gasteiger partial charge is 0.457 e. The molecule has 12 heteroatoms. The van der Waals surface area contributed by atoms with Crippen LogP contribution in [0.1, 0.15) is 36.8 Å². The van der Waals surface area contributed by atoms with Crippen LogP contribution in [0.5, 0.6) is 11.5 Å². The van der Waals surface area contributed by atoms with Crippen LogP contribution in [-0.4, -0.2) is 29.8 Å². The molecule has 0 radical (unpaired) electrons. The second-order valence-corrected chi connectivity index (χ2v) is 7.09. The Morgan fingerprint density at radius 2 is 1.53 bits per heavy atom. The number of aromatic nitrogens is 1. The molecule has 1 heterocycles. The van der Waals surface area contributed by atoms with Gasteiger partial charge >= 0.3 is 6.18 Å². The van der Waals surface area contributed by atoms with Gasteiger partial charge in [-0.15, -0.1) is 0 Å². The monoisotopic (exact) mass is 492 g/mol. The number of halogens is 4. The molecule has 2 aromatic carbocycles. The molecule has 3 amide bonds. The average molecular weight is 493 g/mol. The summed E-state index contributed by atoms with van der Waals surface area (Å²) in [5, 5.41) is 1.88. The van der Waals surface area contributed by atoms with E-state index in [-0.39, 0.29) is 22.6 Å². The highest BCUT2D eigenvalue weighted by Gasteiger charge is 2.33. The van der Waals surface area contributed by atoms with Gasteiger partial charge < -0.3 is 10.1 Å². The van der Waals surface area contributed by atoms with Crippen molar-refractivity contribution in [2.24, 2.45) is 0 Å². The first-order valence-electron chi connectivity index (χ1n) is 9.52. The normalized spacial score (nSPS) is 10.9. The molecule has 0 saturated carbocycles. The summed E-state index contributed by atoms with van der Waals surface area (Å²) in [4.78, 5) is 40.2. The number of carbonyl (C=O) groups is 3. The Balaban J connectivity index is 1.67. The van der Waals surface area contributed by atoms with E-state index in [2.05, 4.69) is 15.7 Å². The lowest BCUT2D eigenvalue weighted by molar-refractivity contribution is -0.137. The predicted molar refractivity (Wildman–Crippen MR) is 116 cm³/mol. The smallest absolute Gasteiger partial charge is 0.417 e. The zero-order valence-electron chi connectivity index (χ0n) is 17.4. The molecule has 8 nitrogen and oxygen atoms in total. The minimum Gasteiger partial charge on any atom is -0.457 e. The van der Waals surface area contributed by atoms with Crippen molar-refractivity contribution in [2.45, 2.75) is 6.18 Å². The fraction of sp³-hybridized carbons (Fsp3) is 0.0909. The van der Waals surface area contributed by atoms with Gasteiger partial charge in [0, 0.05) is 30.4 Å². The van der Waals surface area contributed by atoms with Crippen LogP contribution in [0.2, 0.25) is 5.02 Å². The van der Waals surface area contributed by atoms with Gasteiger partial charge in [-0.3, -0.25) is 30.2 Å². The maximum atomic E-state index is 13.0. The number of hydrogen-bond donors (Lipinski definition) is 3. The molecule has 0 fully saturated rings. The van der Waals surface area contributed by atoms with Crippen LogP contribution < -0.4 is 20.9 Å². The fourth-order valence-electron chi connectivity index (χ4n) is 2.71. The molecule has 3 rings (SSSR count). The topological polar surface area (TPSA) is 109 Å². The van der Waals surface area contributed by atoms with Crippen LogP contribution in [0, 0.1) is 0 Å². The predicted octanol–water partition coefficient (Wildman–Crippen LogP) is 3.98. The van der Waals surface area contributed by atoms with E-state index in [1.54, 1.807) is 6.07 Å². The molecule has 0 bridgehead atoms. The van der Waals surface area contributed by atoms with Crippen molar-refractivity contribution in [1.82, 2.24) is 21.2 Å². The number of alkyl halides is 3. The average Bonchev–Trinajstić information content (AvgIpc) is 2.81. The highest BCUT2D eigenvalue weighted by Crippen LogP contribution is 2.35. The second kappa shape index (κ2) is 10.2. The molecule has 0 aliphatic heterocycles. The van der Waals surface area contributed by atoms with Crippen molar-refractivity contribution in [3.8, 4) is 11.5 Å². The van der Waals surface area contributed by atoms with E-state index in [1.165, 1.54) is 43.6 Å². The third kappa shape index (κ3) is 6.01. The van der Waals surface area contributed by atoms with Gasteiger partial charge in [0.25, 0.3) is 17.7 Å². The summed E-state index contributed by atoms with van der Waals surface area (Å²) in [6.45, 7) is 0. The molecule has 1 aromatic heterocycles. The van der Waals surface area contributed by atoms with E-state index < -0.39 is 34.5 Å².